The molecule has 0 aromatic heterocycles. The van der Waals surface area contributed by atoms with Gasteiger partial charge in [-0.15, -0.1) is 11.8 Å². The average Bonchev–Trinajstić information content (AvgIpc) is 2.70. The Morgan fingerprint density at radius 3 is 2.65 bits per heavy atom. The minimum absolute atomic E-state index is 0.287. The summed E-state index contributed by atoms with van der Waals surface area (Å²) in [5, 5.41) is 8.75. The number of carboxylic acid groups (broad SMARTS) is 1. The van der Waals surface area contributed by atoms with Gasteiger partial charge >= 0.3 is 5.97 Å². The van der Waals surface area contributed by atoms with E-state index >= 15 is 0 Å². The molecule has 0 spiro atoms. The normalized spacial score (nSPS) is 26.2. The second-order valence-corrected chi connectivity index (χ2v) is 6.65. The summed E-state index contributed by atoms with van der Waals surface area (Å²) in [7, 11) is -3.70. The van der Waals surface area contributed by atoms with Crippen LogP contribution in [0.2, 0.25) is 0 Å². The van der Waals surface area contributed by atoms with Crippen LogP contribution in [0.1, 0.15) is 26.7 Å². The lowest BCUT2D eigenvalue weighted by Gasteiger charge is -2.25. The van der Waals surface area contributed by atoms with E-state index in [0.29, 0.717) is 25.1 Å². The summed E-state index contributed by atoms with van der Waals surface area (Å²) in [6.07, 6.45) is 1.27. The third-order valence-electron chi connectivity index (χ3n) is 2.48. The second kappa shape index (κ2) is 6.03. The van der Waals surface area contributed by atoms with Crippen molar-refractivity contribution in [1.29, 1.82) is 0 Å². The smallest absolute Gasteiger partial charge is 0.322 e. The topological polar surface area (TPSA) is 86.7 Å². The highest BCUT2D eigenvalue weighted by Crippen LogP contribution is 2.33. The van der Waals surface area contributed by atoms with E-state index in [4.69, 9.17) is 5.11 Å². The van der Waals surface area contributed by atoms with Gasteiger partial charge in [0.2, 0.25) is 0 Å². The molecule has 1 aliphatic rings. The second-order valence-electron chi connectivity index (χ2n) is 3.78. The maximum absolute atomic E-state index is 12.0. The molecule has 0 bridgehead atoms. The van der Waals surface area contributed by atoms with Gasteiger partial charge in [-0.05, 0) is 12.8 Å². The van der Waals surface area contributed by atoms with Crippen molar-refractivity contribution in [3.63, 3.8) is 0 Å². The fourth-order valence-electron chi connectivity index (χ4n) is 1.66. The Morgan fingerprint density at radius 1 is 1.53 bits per heavy atom. The molecule has 0 aromatic carbocycles. The van der Waals surface area contributed by atoms with Crippen molar-refractivity contribution in [2.75, 3.05) is 12.3 Å². The molecule has 6 nitrogen and oxygen atoms in total. The van der Waals surface area contributed by atoms with Gasteiger partial charge in [0.25, 0.3) is 10.2 Å². The molecule has 100 valence electrons. The monoisotopic (exact) mass is 282 g/mol. The molecule has 2 N–H and O–H groups in total. The van der Waals surface area contributed by atoms with Crippen LogP contribution in [0.3, 0.4) is 0 Å². The largest absolute Gasteiger partial charge is 0.480 e. The molecule has 2 unspecified atom stereocenters. The van der Waals surface area contributed by atoms with Crippen molar-refractivity contribution >= 4 is 27.9 Å². The van der Waals surface area contributed by atoms with Crippen molar-refractivity contribution < 1.29 is 18.3 Å². The Hall–Kier alpha value is -0.310. The Balaban J connectivity index is 2.92. The number of nitrogens with zero attached hydrogens (tertiary/aromatic N) is 1. The molecule has 0 radical (unpaired) electrons. The predicted octanol–water partition coefficient (Wildman–Crippen LogP) is 0.469. The Morgan fingerprint density at radius 2 is 2.18 bits per heavy atom. The first-order valence-corrected chi connectivity index (χ1v) is 8.05. The molecule has 17 heavy (non-hydrogen) atoms. The lowest BCUT2D eigenvalue weighted by atomic mass is 10.3. The summed E-state index contributed by atoms with van der Waals surface area (Å²) in [4.78, 5) is 11.0. The molecule has 8 heteroatoms. The maximum Gasteiger partial charge on any atom is 0.322 e. The highest BCUT2D eigenvalue weighted by atomic mass is 32.2. The van der Waals surface area contributed by atoms with Crippen LogP contribution >= 0.6 is 11.8 Å². The zero-order chi connectivity index (χ0) is 13.1. The lowest BCUT2D eigenvalue weighted by Crippen LogP contribution is -2.50. The Labute approximate surface area is 106 Å². The van der Waals surface area contributed by atoms with E-state index in [9.17, 15) is 13.2 Å². The first-order chi connectivity index (χ1) is 7.94. The minimum Gasteiger partial charge on any atom is -0.480 e. The van der Waals surface area contributed by atoms with E-state index in [1.54, 1.807) is 0 Å². The van der Waals surface area contributed by atoms with Gasteiger partial charge in [-0.2, -0.15) is 12.7 Å². The molecule has 1 saturated heterocycles. The third-order valence-corrected chi connectivity index (χ3v) is 5.70. The minimum atomic E-state index is -3.70. The van der Waals surface area contributed by atoms with Crippen LogP contribution in [0.25, 0.3) is 0 Å². The van der Waals surface area contributed by atoms with Gasteiger partial charge in [-0.1, -0.05) is 13.8 Å². The number of nitrogens with one attached hydrogen (secondary N) is 1. The zero-order valence-electron chi connectivity index (χ0n) is 9.92. The standard InChI is InChI=1S/C9H18N2O4S2/c1-3-5-10-17(14,15)11-7(9(12)13)6-16-8(11)4-2/h7-8,10H,3-6H2,1-2H3,(H,12,13). The first-order valence-electron chi connectivity index (χ1n) is 5.56. The van der Waals surface area contributed by atoms with Crippen LogP contribution < -0.4 is 4.72 Å². The molecule has 0 amide bonds. The number of hydrogen-bond donors (Lipinski definition) is 2. The van der Waals surface area contributed by atoms with E-state index < -0.39 is 22.2 Å². The Kier molecular flexibility index (Phi) is 5.23. The van der Waals surface area contributed by atoms with Crippen LogP contribution in [-0.4, -0.2) is 47.5 Å². The van der Waals surface area contributed by atoms with Crippen molar-refractivity contribution in [3.05, 3.63) is 0 Å². The SMILES string of the molecule is CCCNS(=O)(=O)N1C(CC)SCC1C(=O)O. The van der Waals surface area contributed by atoms with E-state index in [-0.39, 0.29) is 5.37 Å². The van der Waals surface area contributed by atoms with Crippen molar-refractivity contribution in [2.45, 2.75) is 38.1 Å². The van der Waals surface area contributed by atoms with Gasteiger partial charge < -0.3 is 5.11 Å². The maximum atomic E-state index is 12.0. The summed E-state index contributed by atoms with van der Waals surface area (Å²) in [5.74, 6) is -0.781. The van der Waals surface area contributed by atoms with Crippen molar-refractivity contribution in [1.82, 2.24) is 9.03 Å². The molecular weight excluding hydrogens is 264 g/mol. The van der Waals surface area contributed by atoms with E-state index in [1.807, 2.05) is 13.8 Å². The number of hydrogen-bond acceptors (Lipinski definition) is 4. The van der Waals surface area contributed by atoms with Gasteiger partial charge in [-0.25, -0.2) is 4.72 Å². The number of carboxylic acids is 1. The number of rotatable bonds is 6. The molecule has 0 aromatic rings. The molecule has 1 heterocycles. The third kappa shape index (κ3) is 3.34. The van der Waals surface area contributed by atoms with Crippen molar-refractivity contribution in [3.8, 4) is 0 Å². The fourth-order valence-corrected chi connectivity index (χ4v) is 5.08. The van der Waals surface area contributed by atoms with Crippen molar-refractivity contribution in [2.24, 2.45) is 0 Å². The molecule has 1 fully saturated rings. The molecular formula is C9H18N2O4S2. The van der Waals surface area contributed by atoms with Gasteiger partial charge in [0, 0.05) is 12.3 Å². The fraction of sp³-hybridized carbons (Fsp3) is 0.889. The number of aliphatic carboxylic acids is 1. The first kappa shape index (κ1) is 14.7. The predicted molar refractivity (Wildman–Crippen MR) is 67.0 cm³/mol. The average molecular weight is 282 g/mol. The van der Waals surface area contributed by atoms with Crippen LogP contribution in [-0.2, 0) is 15.0 Å². The van der Waals surface area contributed by atoms with Crippen LogP contribution in [0, 0.1) is 0 Å². The van der Waals surface area contributed by atoms with Gasteiger partial charge in [0.15, 0.2) is 0 Å². The number of thioether (sulfide) groups is 1. The summed E-state index contributed by atoms with van der Waals surface area (Å²) in [6, 6.07) is -0.959. The lowest BCUT2D eigenvalue weighted by molar-refractivity contribution is -0.140. The highest BCUT2D eigenvalue weighted by Gasteiger charge is 2.44. The summed E-state index contributed by atoms with van der Waals surface area (Å²) >= 11 is 1.37. The van der Waals surface area contributed by atoms with Crippen LogP contribution in [0.15, 0.2) is 0 Å². The van der Waals surface area contributed by atoms with Gasteiger partial charge in [-0.3, -0.25) is 4.79 Å². The molecule has 0 saturated carbocycles. The highest BCUT2D eigenvalue weighted by molar-refractivity contribution is 8.01. The quantitative estimate of drug-likeness (QED) is 0.739. The zero-order valence-corrected chi connectivity index (χ0v) is 11.6. The summed E-state index contributed by atoms with van der Waals surface area (Å²) in [5.41, 5.74) is 0. The van der Waals surface area contributed by atoms with Crippen LogP contribution in [0.4, 0.5) is 0 Å². The van der Waals surface area contributed by atoms with Gasteiger partial charge in [0.05, 0.1) is 5.37 Å². The molecule has 1 aliphatic heterocycles. The number of carbonyl (C=O) groups is 1. The van der Waals surface area contributed by atoms with E-state index in [0.717, 1.165) is 4.31 Å². The summed E-state index contributed by atoms with van der Waals surface area (Å²) in [6.45, 7) is 4.03. The molecule has 0 aliphatic carbocycles. The Bertz CT molecular complexity index is 371. The van der Waals surface area contributed by atoms with E-state index in [1.165, 1.54) is 11.8 Å². The molecule has 1 rings (SSSR count). The van der Waals surface area contributed by atoms with Gasteiger partial charge in [0.1, 0.15) is 6.04 Å². The summed E-state index contributed by atoms with van der Waals surface area (Å²) < 4.78 is 27.5. The van der Waals surface area contributed by atoms with Crippen LogP contribution in [0.5, 0.6) is 0 Å². The molecule has 2 atom stereocenters. The van der Waals surface area contributed by atoms with E-state index in [2.05, 4.69) is 4.72 Å².